The highest BCUT2D eigenvalue weighted by Gasteiger charge is 2.26. The van der Waals surface area contributed by atoms with Gasteiger partial charge in [0, 0.05) is 13.0 Å². The van der Waals surface area contributed by atoms with Crippen LogP contribution in [0.25, 0.3) is 0 Å². The number of carbonyl (C=O) groups excluding carboxylic acids is 1. The molecule has 10 heteroatoms. The lowest BCUT2D eigenvalue weighted by molar-refractivity contribution is -0.154. The summed E-state index contributed by atoms with van der Waals surface area (Å²) < 4.78 is 33.4. The molecule has 9 nitrogen and oxygen atoms in total. The zero-order valence-corrected chi connectivity index (χ0v) is 37.6. The number of carbonyl (C=O) groups is 1. The number of hydrogen-bond acceptors (Lipinski definition) is 8. The van der Waals surface area contributed by atoms with Crippen molar-refractivity contribution in [2.45, 2.75) is 193 Å². The van der Waals surface area contributed by atoms with Gasteiger partial charge in [-0.25, -0.2) is 4.57 Å². The molecule has 0 aromatic carbocycles. The molecule has 336 valence electrons. The van der Waals surface area contributed by atoms with E-state index in [1.807, 2.05) is 0 Å². The Morgan fingerprint density at radius 1 is 0.552 bits per heavy atom. The maximum absolute atomic E-state index is 12.6. The first-order valence-corrected chi connectivity index (χ1v) is 24.4. The van der Waals surface area contributed by atoms with Crippen molar-refractivity contribution in [1.82, 2.24) is 0 Å². The number of phosphoric acid groups is 1. The normalized spacial score (nSPS) is 14.6. The Bertz CT molecular complexity index is 1130. The largest absolute Gasteiger partial charge is 0.472 e. The van der Waals surface area contributed by atoms with Crippen LogP contribution in [0.15, 0.2) is 72.9 Å². The van der Waals surface area contributed by atoms with Crippen molar-refractivity contribution in [1.29, 1.82) is 0 Å². The van der Waals surface area contributed by atoms with Crippen molar-refractivity contribution >= 4 is 13.8 Å². The second-order valence-electron chi connectivity index (χ2n) is 15.0. The molecule has 0 rings (SSSR count). The van der Waals surface area contributed by atoms with Gasteiger partial charge >= 0.3 is 13.8 Å². The highest BCUT2D eigenvalue weighted by atomic mass is 31.2. The predicted octanol–water partition coefficient (Wildman–Crippen LogP) is 12.9. The van der Waals surface area contributed by atoms with Crippen molar-refractivity contribution < 1.29 is 43.0 Å². The van der Waals surface area contributed by atoms with Crippen LogP contribution in [0.5, 0.6) is 0 Å². The topological polar surface area (TPSA) is 132 Å². The summed E-state index contributed by atoms with van der Waals surface area (Å²) in [7, 11) is -4.53. The summed E-state index contributed by atoms with van der Waals surface area (Å²) in [5, 5.41) is 18.4. The predicted molar refractivity (Wildman–Crippen MR) is 242 cm³/mol. The van der Waals surface area contributed by atoms with Crippen molar-refractivity contribution in [3.8, 4) is 0 Å². The van der Waals surface area contributed by atoms with E-state index in [-0.39, 0.29) is 13.0 Å². The number of esters is 1. The maximum atomic E-state index is 12.6. The van der Waals surface area contributed by atoms with Gasteiger partial charge in [0.1, 0.15) is 12.2 Å². The molecule has 3 N–H and O–H groups in total. The van der Waals surface area contributed by atoms with Crippen LogP contribution >= 0.6 is 7.82 Å². The van der Waals surface area contributed by atoms with Crippen LogP contribution in [-0.4, -0.2) is 66.3 Å². The second kappa shape index (κ2) is 44.5. The number of unbranched alkanes of at least 4 members (excludes halogenated alkanes) is 17. The Morgan fingerprint density at radius 2 is 0.983 bits per heavy atom. The molecule has 0 amide bonds. The number of rotatable bonds is 43. The molecule has 3 atom stereocenters. The van der Waals surface area contributed by atoms with Crippen LogP contribution in [0.2, 0.25) is 0 Å². The fourth-order valence-electron chi connectivity index (χ4n) is 5.95. The Kier molecular flexibility index (Phi) is 42.8. The molecular formula is C48H85O9P. The summed E-state index contributed by atoms with van der Waals surface area (Å²) in [6.07, 6.45) is 52.9. The van der Waals surface area contributed by atoms with E-state index >= 15 is 0 Å². The van der Waals surface area contributed by atoms with Crippen LogP contribution in [0.4, 0.5) is 0 Å². The van der Waals surface area contributed by atoms with Gasteiger partial charge in [-0.3, -0.25) is 13.8 Å². The van der Waals surface area contributed by atoms with Gasteiger partial charge in [0.25, 0.3) is 0 Å². The first-order chi connectivity index (χ1) is 28.3. The van der Waals surface area contributed by atoms with E-state index in [4.69, 9.17) is 23.6 Å². The average molecular weight is 837 g/mol. The van der Waals surface area contributed by atoms with Crippen LogP contribution in [-0.2, 0) is 27.9 Å². The van der Waals surface area contributed by atoms with E-state index in [1.165, 1.54) is 77.0 Å². The second-order valence-corrected chi connectivity index (χ2v) is 16.5. The van der Waals surface area contributed by atoms with Gasteiger partial charge in [0.15, 0.2) is 0 Å². The van der Waals surface area contributed by atoms with Gasteiger partial charge in [0.2, 0.25) is 0 Å². The minimum atomic E-state index is -4.53. The lowest BCUT2D eigenvalue weighted by Crippen LogP contribution is -2.29. The molecule has 0 bridgehead atoms. The van der Waals surface area contributed by atoms with Gasteiger partial charge in [-0.05, 0) is 64.2 Å². The Morgan fingerprint density at radius 3 is 1.47 bits per heavy atom. The summed E-state index contributed by atoms with van der Waals surface area (Å²) in [6, 6.07) is 0. The molecule has 0 saturated heterocycles. The monoisotopic (exact) mass is 837 g/mol. The van der Waals surface area contributed by atoms with Crippen molar-refractivity contribution in [2.24, 2.45) is 0 Å². The summed E-state index contributed by atoms with van der Waals surface area (Å²) in [5.74, 6) is -0.396. The minimum Gasteiger partial charge on any atom is -0.457 e. The number of hydrogen-bond donors (Lipinski definition) is 3. The molecule has 0 radical (unpaired) electrons. The standard InChI is InChI=1S/C48H85O9P/c1-3-5-7-9-11-13-15-17-19-20-21-22-23-24-25-27-29-31-33-35-37-39-41-54-44-47(45-56-58(52,53)55-43-46(50)42-49)57-48(51)40-38-36-34-32-30-28-26-18-16-14-12-10-8-6-4-2/h5,7,11,13,17,19,21-22,24-25,29,31,46-47,49-50H,3-4,6,8-10,12,14-16,18,20,23,26-28,30,32-45H2,1-2H3,(H,52,53)/b7-5-,13-11-,19-17-,22-21-,25-24-,31-29-. The van der Waals surface area contributed by atoms with Crippen LogP contribution in [0.3, 0.4) is 0 Å². The van der Waals surface area contributed by atoms with E-state index < -0.39 is 45.8 Å². The molecule has 0 spiro atoms. The molecular weight excluding hydrogens is 751 g/mol. The third-order valence-corrected chi connectivity index (χ3v) is 10.4. The Balaban J connectivity index is 4.22. The van der Waals surface area contributed by atoms with E-state index in [0.29, 0.717) is 6.61 Å². The summed E-state index contributed by atoms with van der Waals surface area (Å²) in [5.41, 5.74) is 0. The molecule has 0 aliphatic rings. The molecule has 0 aromatic heterocycles. The Labute approximate surface area is 354 Å². The number of ether oxygens (including phenoxy) is 2. The van der Waals surface area contributed by atoms with Gasteiger partial charge in [-0.2, -0.15) is 0 Å². The van der Waals surface area contributed by atoms with E-state index in [0.717, 1.165) is 83.5 Å². The molecule has 0 aromatic rings. The number of aliphatic hydroxyl groups excluding tert-OH is 2. The molecule has 0 aliphatic carbocycles. The molecule has 58 heavy (non-hydrogen) atoms. The van der Waals surface area contributed by atoms with Gasteiger partial charge < -0.3 is 24.6 Å². The van der Waals surface area contributed by atoms with Gasteiger partial charge in [-0.1, -0.05) is 183 Å². The highest BCUT2D eigenvalue weighted by molar-refractivity contribution is 7.47. The number of allylic oxidation sites excluding steroid dienone is 12. The maximum Gasteiger partial charge on any atom is 0.472 e. The quantitative estimate of drug-likeness (QED) is 0.0238. The summed E-state index contributed by atoms with van der Waals surface area (Å²) in [6.45, 7) is 3.32. The van der Waals surface area contributed by atoms with Crippen molar-refractivity contribution in [3.63, 3.8) is 0 Å². The van der Waals surface area contributed by atoms with E-state index in [2.05, 4.69) is 86.8 Å². The zero-order chi connectivity index (χ0) is 42.5. The van der Waals surface area contributed by atoms with Crippen LogP contribution < -0.4 is 0 Å². The molecule has 3 unspecified atom stereocenters. The van der Waals surface area contributed by atoms with Crippen LogP contribution in [0.1, 0.15) is 181 Å². The van der Waals surface area contributed by atoms with Crippen molar-refractivity contribution in [3.05, 3.63) is 72.9 Å². The Hall–Kier alpha value is -2.10. The smallest absolute Gasteiger partial charge is 0.457 e. The molecule has 0 aliphatic heterocycles. The third-order valence-electron chi connectivity index (χ3n) is 9.41. The fraction of sp³-hybridized carbons (Fsp3) is 0.729. The number of aliphatic hydroxyl groups is 2. The van der Waals surface area contributed by atoms with E-state index in [1.54, 1.807) is 0 Å². The minimum absolute atomic E-state index is 0.0248. The summed E-state index contributed by atoms with van der Waals surface area (Å²) in [4.78, 5) is 22.6. The average Bonchev–Trinajstić information content (AvgIpc) is 3.21. The highest BCUT2D eigenvalue weighted by Crippen LogP contribution is 2.43. The SMILES string of the molecule is CC/C=C\C/C=C\C/C=C\C/C=C\C/C=C\C/C=C\CCCCCOCC(COP(=O)(O)OCC(O)CO)OC(=O)CCCCCCCCCCCCCCCCC. The number of phosphoric ester groups is 1. The van der Waals surface area contributed by atoms with Gasteiger partial charge in [-0.15, -0.1) is 0 Å². The van der Waals surface area contributed by atoms with Crippen molar-refractivity contribution in [2.75, 3.05) is 33.0 Å². The fourth-order valence-corrected chi connectivity index (χ4v) is 6.74. The summed E-state index contributed by atoms with van der Waals surface area (Å²) >= 11 is 0. The van der Waals surface area contributed by atoms with E-state index in [9.17, 15) is 19.4 Å². The molecule has 0 fully saturated rings. The van der Waals surface area contributed by atoms with Crippen LogP contribution in [0, 0.1) is 0 Å². The lowest BCUT2D eigenvalue weighted by atomic mass is 10.0. The third kappa shape index (κ3) is 43.5. The lowest BCUT2D eigenvalue weighted by Gasteiger charge is -2.20. The first kappa shape index (κ1) is 55.9. The van der Waals surface area contributed by atoms with Gasteiger partial charge in [0.05, 0.1) is 26.4 Å². The molecule has 0 saturated carbocycles. The zero-order valence-electron chi connectivity index (χ0n) is 36.7. The first-order valence-electron chi connectivity index (χ1n) is 22.9. The molecule has 0 heterocycles.